The van der Waals surface area contributed by atoms with Crippen molar-refractivity contribution >= 4 is 11.9 Å². The van der Waals surface area contributed by atoms with Gasteiger partial charge in [-0.25, -0.2) is 0 Å². The molecule has 1 rings (SSSR count). The number of hydrogen-bond donors (Lipinski definition) is 0. The smallest absolute Gasteiger partial charge is 0.309 e. The van der Waals surface area contributed by atoms with Crippen LogP contribution in [0.25, 0.3) is 0 Å². The first kappa shape index (κ1) is 31.6. The normalized spacial score (nSPS) is 28.6. The average Bonchev–Trinajstić information content (AvgIpc) is 2.79. The molecule has 35 heavy (non-hydrogen) atoms. The Morgan fingerprint density at radius 2 is 1.57 bits per heavy atom. The monoisotopic (exact) mass is 498 g/mol. The van der Waals surface area contributed by atoms with Gasteiger partial charge < -0.3 is 23.7 Å². The molecule has 0 aliphatic carbocycles. The first-order valence-electron chi connectivity index (χ1n) is 12.8. The maximum atomic E-state index is 13.1. The molecule has 1 saturated heterocycles. The van der Waals surface area contributed by atoms with Gasteiger partial charge in [-0.15, -0.1) is 0 Å². The maximum Gasteiger partial charge on any atom is 0.309 e. The zero-order valence-corrected chi connectivity index (χ0v) is 23.8. The molecule has 0 aromatic heterocycles. The lowest BCUT2D eigenvalue weighted by Gasteiger charge is -2.66. The summed E-state index contributed by atoms with van der Waals surface area (Å²) in [5.74, 6) is -1.45. The summed E-state index contributed by atoms with van der Waals surface area (Å²) in [6.45, 7) is 16.1. The fourth-order valence-corrected chi connectivity index (χ4v) is 5.17. The number of allylic oxidation sites excluding steroid dienone is 2. The van der Waals surface area contributed by atoms with E-state index in [1.165, 1.54) is 7.11 Å². The van der Waals surface area contributed by atoms with Gasteiger partial charge in [0.2, 0.25) is 0 Å². The molecule has 1 aliphatic rings. The van der Waals surface area contributed by atoms with Crippen molar-refractivity contribution in [1.29, 1.82) is 0 Å². The summed E-state index contributed by atoms with van der Waals surface area (Å²) in [5, 5.41) is 0. The average molecular weight is 499 g/mol. The predicted molar refractivity (Wildman–Crippen MR) is 137 cm³/mol. The number of ether oxygens (including phenoxy) is 5. The van der Waals surface area contributed by atoms with Crippen LogP contribution in [0, 0.1) is 22.2 Å². The molecule has 4 atom stereocenters. The minimum atomic E-state index is -0.608. The van der Waals surface area contributed by atoms with Crippen LogP contribution >= 0.6 is 0 Å². The van der Waals surface area contributed by atoms with Crippen molar-refractivity contribution in [1.82, 2.24) is 0 Å². The lowest BCUT2D eigenvalue weighted by molar-refractivity contribution is -0.322. The molecular weight excluding hydrogens is 448 g/mol. The number of rotatable bonds is 14. The molecule has 1 fully saturated rings. The highest BCUT2D eigenvalue weighted by Crippen LogP contribution is 2.63. The summed E-state index contributed by atoms with van der Waals surface area (Å²) < 4.78 is 28.6. The standard InChI is InChI=1S/C28H50O7/c1-11-12-13-14-15-16-21(17-23(29)33-10)24(30)34-18-22-27(6,19-31-8)25(2,3)26(4,5)28(7,35-22)20-32-9/h14-15,21-22H,11-13,16-20H2,1-10H3. The topological polar surface area (TPSA) is 80.3 Å². The van der Waals surface area contributed by atoms with Gasteiger partial charge in [0, 0.05) is 25.0 Å². The Bertz CT molecular complexity index is 714. The lowest BCUT2D eigenvalue weighted by atomic mass is 9.46. The van der Waals surface area contributed by atoms with Gasteiger partial charge in [-0.1, -0.05) is 66.5 Å². The second-order valence-electron chi connectivity index (χ2n) is 11.3. The fourth-order valence-electron chi connectivity index (χ4n) is 5.17. The highest BCUT2D eigenvalue weighted by Gasteiger charge is 2.66. The van der Waals surface area contributed by atoms with E-state index in [4.69, 9.17) is 23.7 Å². The molecule has 0 bridgehead atoms. The molecular formula is C28H50O7. The Labute approximate surface area is 213 Å². The maximum absolute atomic E-state index is 13.1. The van der Waals surface area contributed by atoms with Crippen LogP contribution in [0.3, 0.4) is 0 Å². The summed E-state index contributed by atoms with van der Waals surface area (Å²) in [4.78, 5) is 25.1. The number of carbonyl (C=O) groups is 2. The van der Waals surface area contributed by atoms with E-state index in [2.05, 4.69) is 54.5 Å². The summed E-state index contributed by atoms with van der Waals surface area (Å²) in [7, 11) is 4.67. The SMILES string of the molecule is CCCCC=CCC(CC(=O)OC)C(=O)OCC1OC(C)(COC)C(C)(C)C(C)(C)C1(C)COC. The molecule has 0 radical (unpaired) electrons. The van der Waals surface area contributed by atoms with E-state index in [1.54, 1.807) is 14.2 Å². The number of carbonyl (C=O) groups excluding carboxylic acids is 2. The van der Waals surface area contributed by atoms with Crippen molar-refractivity contribution < 1.29 is 33.3 Å². The minimum absolute atomic E-state index is 0.0196. The molecule has 7 heteroatoms. The number of unbranched alkanes of at least 4 members (excludes halogenated alkanes) is 2. The first-order valence-corrected chi connectivity index (χ1v) is 12.8. The van der Waals surface area contributed by atoms with Crippen LogP contribution in [0.4, 0.5) is 0 Å². The second-order valence-corrected chi connectivity index (χ2v) is 11.3. The molecule has 0 N–H and O–H groups in total. The van der Waals surface area contributed by atoms with Crippen LogP contribution in [0.1, 0.15) is 80.6 Å². The van der Waals surface area contributed by atoms with E-state index in [0.29, 0.717) is 19.6 Å². The second kappa shape index (κ2) is 13.2. The summed E-state index contributed by atoms with van der Waals surface area (Å²) in [5.41, 5.74) is -1.59. The molecule has 0 saturated carbocycles. The quantitative estimate of drug-likeness (QED) is 0.181. The minimum Gasteiger partial charge on any atom is -0.469 e. The summed E-state index contributed by atoms with van der Waals surface area (Å²) >= 11 is 0. The van der Waals surface area contributed by atoms with Crippen LogP contribution in [-0.4, -0.2) is 64.8 Å². The van der Waals surface area contributed by atoms with Crippen molar-refractivity contribution in [3.63, 3.8) is 0 Å². The molecule has 1 heterocycles. The lowest BCUT2D eigenvalue weighted by Crippen LogP contribution is -2.71. The Morgan fingerprint density at radius 3 is 2.11 bits per heavy atom. The van der Waals surface area contributed by atoms with E-state index in [-0.39, 0.29) is 23.9 Å². The van der Waals surface area contributed by atoms with Gasteiger partial charge in [0.15, 0.2) is 0 Å². The fraction of sp³-hybridized carbons (Fsp3) is 0.857. The van der Waals surface area contributed by atoms with Gasteiger partial charge >= 0.3 is 11.9 Å². The third-order valence-corrected chi connectivity index (χ3v) is 8.95. The molecule has 1 aliphatic heterocycles. The van der Waals surface area contributed by atoms with Crippen molar-refractivity contribution in [2.45, 2.75) is 92.3 Å². The van der Waals surface area contributed by atoms with Crippen LogP contribution in [-0.2, 0) is 33.3 Å². The molecule has 0 amide bonds. The third-order valence-electron chi connectivity index (χ3n) is 8.95. The van der Waals surface area contributed by atoms with Crippen LogP contribution in [0.5, 0.6) is 0 Å². The van der Waals surface area contributed by atoms with Crippen molar-refractivity contribution in [2.75, 3.05) is 41.2 Å². The van der Waals surface area contributed by atoms with Gasteiger partial charge in [-0.2, -0.15) is 0 Å². The highest BCUT2D eigenvalue weighted by molar-refractivity contribution is 5.80. The Morgan fingerprint density at radius 1 is 0.943 bits per heavy atom. The van der Waals surface area contributed by atoms with Gasteiger partial charge in [0.1, 0.15) is 12.7 Å². The van der Waals surface area contributed by atoms with Gasteiger partial charge in [-0.05, 0) is 25.2 Å². The predicted octanol–water partition coefficient (Wildman–Crippen LogP) is 5.35. The van der Waals surface area contributed by atoms with Gasteiger partial charge in [-0.3, -0.25) is 9.59 Å². The molecule has 0 aromatic rings. The number of esters is 2. The van der Waals surface area contributed by atoms with Crippen molar-refractivity contribution in [3.05, 3.63) is 12.2 Å². The van der Waals surface area contributed by atoms with Gasteiger partial charge in [0.25, 0.3) is 0 Å². The van der Waals surface area contributed by atoms with Crippen LogP contribution in [0.2, 0.25) is 0 Å². The Balaban J connectivity index is 3.14. The number of hydrogen-bond acceptors (Lipinski definition) is 7. The zero-order valence-electron chi connectivity index (χ0n) is 23.8. The van der Waals surface area contributed by atoms with E-state index in [0.717, 1.165) is 19.3 Å². The van der Waals surface area contributed by atoms with Gasteiger partial charge in [0.05, 0.1) is 38.3 Å². The van der Waals surface area contributed by atoms with E-state index >= 15 is 0 Å². The van der Waals surface area contributed by atoms with Crippen molar-refractivity contribution in [2.24, 2.45) is 22.2 Å². The molecule has 4 unspecified atom stereocenters. The first-order chi connectivity index (χ1) is 16.3. The zero-order chi connectivity index (χ0) is 26.9. The largest absolute Gasteiger partial charge is 0.469 e. The van der Waals surface area contributed by atoms with Crippen molar-refractivity contribution in [3.8, 4) is 0 Å². The highest BCUT2D eigenvalue weighted by atomic mass is 16.6. The summed E-state index contributed by atoms with van der Waals surface area (Å²) in [6, 6.07) is 0. The van der Waals surface area contributed by atoms with Crippen LogP contribution < -0.4 is 0 Å². The van der Waals surface area contributed by atoms with E-state index in [1.807, 2.05) is 6.08 Å². The Kier molecular flexibility index (Phi) is 11.9. The Hall–Kier alpha value is -1.44. The number of methoxy groups -OCH3 is 3. The van der Waals surface area contributed by atoms with Crippen LogP contribution in [0.15, 0.2) is 12.2 Å². The third kappa shape index (κ3) is 6.86. The molecule has 7 nitrogen and oxygen atoms in total. The molecule has 204 valence electrons. The van der Waals surface area contributed by atoms with E-state index in [9.17, 15) is 9.59 Å². The molecule has 0 spiro atoms. The molecule has 0 aromatic carbocycles. The van der Waals surface area contributed by atoms with E-state index < -0.39 is 35.0 Å². The summed E-state index contributed by atoms with van der Waals surface area (Å²) in [6.07, 6.45) is 7.14.